The Morgan fingerprint density at radius 2 is 1.50 bits per heavy atom. The summed E-state index contributed by atoms with van der Waals surface area (Å²) in [5.41, 5.74) is 0.378. The van der Waals surface area contributed by atoms with Gasteiger partial charge in [0.25, 0.3) is 0 Å². The van der Waals surface area contributed by atoms with E-state index in [-0.39, 0.29) is 26.4 Å². The minimum Gasteiger partial charge on any atom is -0.481 e. The second kappa shape index (κ2) is 9.41. The van der Waals surface area contributed by atoms with Crippen molar-refractivity contribution in [3.05, 3.63) is 35.9 Å². The number of hydrogen-bond donors (Lipinski definition) is 0. The van der Waals surface area contributed by atoms with E-state index in [1.807, 2.05) is 0 Å². The third kappa shape index (κ3) is 4.72. The van der Waals surface area contributed by atoms with Gasteiger partial charge < -0.3 is 18.9 Å². The Kier molecular flexibility index (Phi) is 6.96. The Morgan fingerprint density at radius 1 is 0.885 bits per heavy atom. The summed E-state index contributed by atoms with van der Waals surface area (Å²) in [4.78, 5) is 34.4. The van der Waals surface area contributed by atoms with Gasteiger partial charge in [-0.05, 0) is 32.0 Å². The number of fused-ring (bicyclic) bond motifs is 1. The molecule has 0 aliphatic carbocycles. The Morgan fingerprint density at radius 3 is 2.08 bits per heavy atom. The third-order valence-corrected chi connectivity index (χ3v) is 3.42. The maximum atomic E-state index is 11.5. The van der Waals surface area contributed by atoms with Crippen LogP contribution >= 0.6 is 0 Å². The van der Waals surface area contributed by atoms with Crippen LogP contribution in [0, 0.1) is 0 Å². The van der Waals surface area contributed by atoms with Gasteiger partial charge in [0.2, 0.25) is 0 Å². The number of ether oxygens (including phenoxy) is 4. The van der Waals surface area contributed by atoms with E-state index in [2.05, 4.69) is 0 Å². The fourth-order valence-corrected chi connectivity index (χ4v) is 2.40. The van der Waals surface area contributed by atoms with E-state index >= 15 is 0 Å². The van der Waals surface area contributed by atoms with Gasteiger partial charge in [-0.3, -0.25) is 4.79 Å². The molecule has 2 aromatic carbocycles. The van der Waals surface area contributed by atoms with Crippen molar-refractivity contribution in [1.82, 2.24) is 0 Å². The van der Waals surface area contributed by atoms with Gasteiger partial charge in [-0.15, -0.1) is 0 Å². The molecule has 0 saturated heterocycles. The van der Waals surface area contributed by atoms with Crippen molar-refractivity contribution in [2.24, 2.45) is 0 Å². The van der Waals surface area contributed by atoms with Crippen LogP contribution in [-0.4, -0.2) is 44.7 Å². The van der Waals surface area contributed by atoms with Crippen molar-refractivity contribution in [2.75, 3.05) is 26.4 Å². The molecule has 2 aromatic rings. The lowest BCUT2D eigenvalue weighted by Crippen LogP contribution is -2.15. The summed E-state index contributed by atoms with van der Waals surface area (Å²) in [5.74, 6) is -0.249. The van der Waals surface area contributed by atoms with E-state index in [0.29, 0.717) is 34.1 Å². The standard InChI is InChI=1S/C19H20O7/c1-3-23-17(21)11-25-15-9-8-13(10-20)19-14(15)6-5-7-16(19)26-12-18(22)24-4-2/h5-10H,3-4,11-12H2,1-2H3. The van der Waals surface area contributed by atoms with Gasteiger partial charge in [0.1, 0.15) is 11.5 Å². The summed E-state index contributed by atoms with van der Waals surface area (Å²) in [6, 6.07) is 8.24. The first-order chi connectivity index (χ1) is 12.6. The molecule has 0 radical (unpaired) electrons. The van der Waals surface area contributed by atoms with E-state index in [4.69, 9.17) is 18.9 Å². The molecule has 0 saturated carbocycles. The summed E-state index contributed by atoms with van der Waals surface area (Å²) < 4.78 is 20.7. The number of carbonyl (C=O) groups excluding carboxylic acids is 3. The van der Waals surface area contributed by atoms with Crippen LogP contribution in [0.1, 0.15) is 24.2 Å². The smallest absolute Gasteiger partial charge is 0.344 e. The highest BCUT2D eigenvalue weighted by molar-refractivity contribution is 6.04. The van der Waals surface area contributed by atoms with Crippen LogP contribution in [0.3, 0.4) is 0 Å². The van der Waals surface area contributed by atoms with Crippen molar-refractivity contribution in [1.29, 1.82) is 0 Å². The first kappa shape index (κ1) is 19.2. The number of rotatable bonds is 9. The second-order valence-corrected chi connectivity index (χ2v) is 5.14. The largest absolute Gasteiger partial charge is 0.481 e. The van der Waals surface area contributed by atoms with Crippen molar-refractivity contribution < 1.29 is 33.3 Å². The zero-order valence-corrected chi connectivity index (χ0v) is 14.7. The molecule has 0 N–H and O–H groups in total. The molecule has 138 valence electrons. The predicted octanol–water partition coefficient (Wildman–Crippen LogP) is 2.54. The molecule has 0 amide bonds. The summed E-state index contributed by atoms with van der Waals surface area (Å²) >= 11 is 0. The molecule has 0 aliphatic rings. The maximum Gasteiger partial charge on any atom is 0.344 e. The SMILES string of the molecule is CCOC(=O)COc1ccc(C=O)c2c(OCC(=O)OCC)cccc12. The Hall–Kier alpha value is -3.09. The third-order valence-electron chi connectivity index (χ3n) is 3.42. The van der Waals surface area contributed by atoms with Crippen LogP contribution < -0.4 is 9.47 Å². The molecular weight excluding hydrogens is 340 g/mol. The summed E-state index contributed by atoms with van der Waals surface area (Å²) in [7, 11) is 0. The zero-order valence-electron chi connectivity index (χ0n) is 14.7. The molecule has 0 aliphatic heterocycles. The number of benzene rings is 2. The van der Waals surface area contributed by atoms with Crippen LogP contribution in [-0.2, 0) is 19.1 Å². The molecule has 2 rings (SSSR count). The number of esters is 2. The van der Waals surface area contributed by atoms with Crippen molar-refractivity contribution >= 4 is 29.0 Å². The predicted molar refractivity (Wildman–Crippen MR) is 93.6 cm³/mol. The molecule has 0 fully saturated rings. The van der Waals surface area contributed by atoms with Crippen molar-refractivity contribution in [3.63, 3.8) is 0 Å². The first-order valence-corrected chi connectivity index (χ1v) is 8.18. The number of aldehydes is 1. The average molecular weight is 360 g/mol. The van der Waals surface area contributed by atoms with Crippen molar-refractivity contribution in [3.8, 4) is 11.5 Å². The highest BCUT2D eigenvalue weighted by Gasteiger charge is 2.14. The molecular formula is C19H20O7. The molecule has 0 heterocycles. The quantitative estimate of drug-likeness (QED) is 0.501. The molecule has 7 heteroatoms. The minimum atomic E-state index is -0.508. The Balaban J connectivity index is 2.33. The highest BCUT2D eigenvalue weighted by atomic mass is 16.6. The summed E-state index contributed by atoms with van der Waals surface area (Å²) in [6.07, 6.45) is 0.689. The van der Waals surface area contributed by atoms with Gasteiger partial charge in [-0.2, -0.15) is 0 Å². The van der Waals surface area contributed by atoms with E-state index in [1.54, 1.807) is 44.2 Å². The van der Waals surface area contributed by atoms with Gasteiger partial charge >= 0.3 is 11.9 Å². The first-order valence-electron chi connectivity index (χ1n) is 8.18. The van der Waals surface area contributed by atoms with Gasteiger partial charge in [0, 0.05) is 16.3 Å². The lowest BCUT2D eigenvalue weighted by molar-refractivity contribution is -0.146. The van der Waals surface area contributed by atoms with Crippen LogP contribution in [0.25, 0.3) is 10.8 Å². The topological polar surface area (TPSA) is 88.1 Å². The fraction of sp³-hybridized carbons (Fsp3) is 0.316. The van der Waals surface area contributed by atoms with Gasteiger partial charge in [0.05, 0.1) is 13.2 Å². The normalized spacial score (nSPS) is 10.2. The second-order valence-electron chi connectivity index (χ2n) is 5.14. The van der Waals surface area contributed by atoms with Crippen LogP contribution in [0.15, 0.2) is 30.3 Å². The van der Waals surface area contributed by atoms with E-state index in [9.17, 15) is 14.4 Å². The maximum absolute atomic E-state index is 11.5. The number of carbonyl (C=O) groups is 3. The number of hydrogen-bond acceptors (Lipinski definition) is 7. The van der Waals surface area contributed by atoms with Gasteiger partial charge in [-0.25, -0.2) is 9.59 Å². The van der Waals surface area contributed by atoms with E-state index in [0.717, 1.165) is 0 Å². The summed E-state index contributed by atoms with van der Waals surface area (Å²) in [6.45, 7) is 3.39. The minimum absolute atomic E-state index is 0.253. The van der Waals surface area contributed by atoms with Gasteiger partial charge in [0.15, 0.2) is 19.5 Å². The van der Waals surface area contributed by atoms with Crippen LogP contribution in [0.2, 0.25) is 0 Å². The summed E-state index contributed by atoms with van der Waals surface area (Å²) in [5, 5.41) is 1.08. The van der Waals surface area contributed by atoms with E-state index < -0.39 is 11.9 Å². The molecule has 0 bridgehead atoms. The van der Waals surface area contributed by atoms with Crippen molar-refractivity contribution in [2.45, 2.75) is 13.8 Å². The fourth-order valence-electron chi connectivity index (χ4n) is 2.40. The molecule has 7 nitrogen and oxygen atoms in total. The lowest BCUT2D eigenvalue weighted by atomic mass is 10.0. The Bertz CT molecular complexity index is 798. The Labute approximate surface area is 150 Å². The van der Waals surface area contributed by atoms with E-state index in [1.165, 1.54) is 0 Å². The monoisotopic (exact) mass is 360 g/mol. The molecule has 0 aromatic heterocycles. The zero-order chi connectivity index (χ0) is 18.9. The van der Waals surface area contributed by atoms with Crippen LogP contribution in [0.4, 0.5) is 0 Å². The molecule has 0 spiro atoms. The average Bonchev–Trinajstić information content (AvgIpc) is 2.64. The molecule has 26 heavy (non-hydrogen) atoms. The molecule has 0 atom stereocenters. The van der Waals surface area contributed by atoms with Crippen LogP contribution in [0.5, 0.6) is 11.5 Å². The molecule has 0 unspecified atom stereocenters. The van der Waals surface area contributed by atoms with Gasteiger partial charge in [-0.1, -0.05) is 12.1 Å². The highest BCUT2D eigenvalue weighted by Crippen LogP contribution is 2.34. The lowest BCUT2D eigenvalue weighted by Gasteiger charge is -2.14.